The molecule has 2 N–H and O–H groups in total. The molecule has 0 saturated heterocycles. The van der Waals surface area contributed by atoms with Crippen LogP contribution in [-0.2, 0) is 0 Å². The van der Waals surface area contributed by atoms with Crippen molar-refractivity contribution in [2.24, 2.45) is 0 Å². The summed E-state index contributed by atoms with van der Waals surface area (Å²) in [6.45, 7) is 1.79. The fourth-order valence-electron chi connectivity index (χ4n) is 2.02. The molecule has 2 amide bonds. The van der Waals surface area contributed by atoms with Crippen LogP contribution in [0.1, 0.15) is 18.8 Å². The van der Waals surface area contributed by atoms with Gasteiger partial charge in [0.1, 0.15) is 10.9 Å². The summed E-state index contributed by atoms with van der Waals surface area (Å²) >= 11 is 6.63. The number of carbonyl (C=O) groups excluding carboxylic acids is 1. The smallest absolute Gasteiger partial charge is 0.319 e. The summed E-state index contributed by atoms with van der Waals surface area (Å²) in [6, 6.07) is 2.62. The zero-order valence-corrected chi connectivity index (χ0v) is 16.1. The van der Waals surface area contributed by atoms with Gasteiger partial charge in [-0.1, -0.05) is 0 Å². The summed E-state index contributed by atoms with van der Waals surface area (Å²) in [5.41, 5.74) is 0.542. The Morgan fingerprint density at radius 1 is 1.20 bits per heavy atom. The number of urea groups is 1. The first kappa shape index (κ1) is 17.4. The topological polar surface area (TPSA) is 111 Å². The van der Waals surface area contributed by atoms with Crippen molar-refractivity contribution in [1.29, 1.82) is 0 Å². The van der Waals surface area contributed by atoms with Crippen LogP contribution in [-0.4, -0.2) is 35.7 Å². The third-order valence-corrected chi connectivity index (χ3v) is 4.21. The van der Waals surface area contributed by atoms with Crippen molar-refractivity contribution in [3.8, 4) is 5.95 Å². The first-order valence-corrected chi connectivity index (χ1v) is 8.69. The van der Waals surface area contributed by atoms with Crippen molar-refractivity contribution in [3.05, 3.63) is 52.0 Å². The quantitative estimate of drug-likeness (QED) is 0.570. The van der Waals surface area contributed by atoms with Crippen molar-refractivity contribution in [2.45, 2.75) is 13.0 Å². The van der Waals surface area contributed by atoms with E-state index in [9.17, 15) is 4.79 Å². The average Bonchev–Trinajstić information content (AvgIpc) is 3.08. The number of nitrogens with one attached hydrogen (secondary N) is 2. The highest BCUT2D eigenvalue weighted by molar-refractivity contribution is 9.11. The van der Waals surface area contributed by atoms with Gasteiger partial charge in [-0.25, -0.2) is 24.7 Å². The Labute approximate surface area is 159 Å². The van der Waals surface area contributed by atoms with Crippen molar-refractivity contribution in [1.82, 2.24) is 35.0 Å². The second-order valence-corrected chi connectivity index (χ2v) is 6.55. The van der Waals surface area contributed by atoms with Crippen LogP contribution in [0.25, 0.3) is 5.95 Å². The lowest BCUT2D eigenvalue weighted by molar-refractivity contribution is 0.248. The molecule has 0 aliphatic carbocycles. The number of nitrogens with zero attached hydrogens (tertiary/aromatic N) is 6. The normalized spacial score (nSPS) is 11.8. The molecular formula is C14H12Br2N8O. The third kappa shape index (κ3) is 4.17. The van der Waals surface area contributed by atoms with Crippen LogP contribution in [0.2, 0.25) is 0 Å². The van der Waals surface area contributed by atoms with Crippen molar-refractivity contribution in [3.63, 3.8) is 0 Å². The summed E-state index contributed by atoms with van der Waals surface area (Å²) in [5, 5.41) is 9.62. The molecule has 3 rings (SSSR count). The lowest BCUT2D eigenvalue weighted by Gasteiger charge is -2.15. The molecule has 0 aliphatic heterocycles. The summed E-state index contributed by atoms with van der Waals surface area (Å²) < 4.78 is 2.84. The van der Waals surface area contributed by atoms with Crippen molar-refractivity contribution >= 4 is 43.6 Å². The number of halogens is 2. The van der Waals surface area contributed by atoms with Gasteiger partial charge in [0.15, 0.2) is 5.82 Å². The second kappa shape index (κ2) is 7.66. The minimum absolute atomic E-state index is 0.379. The highest BCUT2D eigenvalue weighted by Gasteiger charge is 2.18. The van der Waals surface area contributed by atoms with Gasteiger partial charge < -0.3 is 10.6 Å². The zero-order chi connectivity index (χ0) is 17.8. The van der Waals surface area contributed by atoms with E-state index in [0.29, 0.717) is 26.5 Å². The third-order valence-electron chi connectivity index (χ3n) is 3.12. The predicted octanol–water partition coefficient (Wildman–Crippen LogP) is 2.86. The minimum Gasteiger partial charge on any atom is -0.328 e. The van der Waals surface area contributed by atoms with Crippen LogP contribution >= 0.6 is 31.9 Å². The molecule has 1 atom stereocenters. The molecule has 0 saturated carbocycles. The minimum atomic E-state index is -0.423. The number of pyridine rings is 1. The number of anilines is 1. The number of rotatable bonds is 4. The number of carbonyl (C=O) groups is 1. The lowest BCUT2D eigenvalue weighted by atomic mass is 10.3. The van der Waals surface area contributed by atoms with Crippen LogP contribution in [0.3, 0.4) is 0 Å². The predicted molar refractivity (Wildman–Crippen MR) is 97.2 cm³/mol. The molecule has 128 valence electrons. The number of hydrogen-bond acceptors (Lipinski definition) is 6. The highest BCUT2D eigenvalue weighted by Crippen LogP contribution is 2.24. The second-order valence-electron chi connectivity index (χ2n) is 4.89. The fourth-order valence-corrected chi connectivity index (χ4v) is 3.08. The molecule has 0 aliphatic rings. The number of aromatic nitrogens is 6. The molecule has 25 heavy (non-hydrogen) atoms. The van der Waals surface area contributed by atoms with Gasteiger partial charge >= 0.3 is 6.03 Å². The standard InChI is InChI=1S/C14H12Br2N8O/c1-8(12-20-7-21-24(12)13-17-3-2-4-18-13)22-14(25)23-10-6-19-11(16)5-9(10)15/h2-8H,1H3,(H2,22,23,25). The van der Waals surface area contributed by atoms with Crippen LogP contribution in [0.15, 0.2) is 46.1 Å². The average molecular weight is 468 g/mol. The summed E-state index contributed by atoms with van der Waals surface area (Å²) in [5.74, 6) is 0.887. The van der Waals surface area contributed by atoms with Crippen LogP contribution < -0.4 is 10.6 Å². The SMILES string of the molecule is CC(NC(=O)Nc1cnc(Br)cc1Br)c1ncnn1-c1ncccn1. The summed E-state index contributed by atoms with van der Waals surface area (Å²) in [7, 11) is 0. The Morgan fingerprint density at radius 2 is 1.96 bits per heavy atom. The van der Waals surface area contributed by atoms with E-state index < -0.39 is 12.1 Å². The molecule has 0 fully saturated rings. The van der Waals surface area contributed by atoms with Gasteiger partial charge in [-0.05, 0) is 50.9 Å². The molecule has 3 heterocycles. The Kier molecular flexibility index (Phi) is 5.34. The van der Waals surface area contributed by atoms with Gasteiger partial charge in [-0.3, -0.25) is 0 Å². The maximum absolute atomic E-state index is 12.2. The van der Waals surface area contributed by atoms with E-state index in [1.54, 1.807) is 37.6 Å². The summed E-state index contributed by atoms with van der Waals surface area (Å²) in [4.78, 5) is 28.8. The van der Waals surface area contributed by atoms with Crippen LogP contribution in [0.4, 0.5) is 10.5 Å². The van der Waals surface area contributed by atoms with Crippen LogP contribution in [0.5, 0.6) is 0 Å². The Hall–Kier alpha value is -2.40. The van der Waals surface area contributed by atoms with Crippen LogP contribution in [0, 0.1) is 0 Å². The van der Waals surface area contributed by atoms with E-state index >= 15 is 0 Å². The van der Waals surface area contributed by atoms with Crippen molar-refractivity contribution < 1.29 is 4.79 Å². The number of hydrogen-bond donors (Lipinski definition) is 2. The Balaban J connectivity index is 1.71. The molecule has 3 aromatic rings. The van der Waals surface area contributed by atoms with Gasteiger partial charge in [0.2, 0.25) is 0 Å². The zero-order valence-electron chi connectivity index (χ0n) is 12.9. The highest BCUT2D eigenvalue weighted by atomic mass is 79.9. The first-order valence-electron chi connectivity index (χ1n) is 7.10. The van der Waals surface area contributed by atoms with E-state index in [0.717, 1.165) is 0 Å². The van der Waals surface area contributed by atoms with E-state index in [2.05, 4.69) is 67.5 Å². The van der Waals surface area contributed by atoms with E-state index in [1.165, 1.54) is 11.0 Å². The van der Waals surface area contributed by atoms with Gasteiger partial charge in [0.05, 0.1) is 17.9 Å². The van der Waals surface area contributed by atoms with E-state index in [4.69, 9.17) is 0 Å². The molecule has 0 bridgehead atoms. The van der Waals surface area contributed by atoms with Gasteiger partial charge in [-0.15, -0.1) is 0 Å². The molecule has 11 heteroatoms. The maximum Gasteiger partial charge on any atom is 0.319 e. The van der Waals surface area contributed by atoms with Gasteiger partial charge in [0, 0.05) is 16.9 Å². The molecule has 3 aromatic heterocycles. The lowest BCUT2D eigenvalue weighted by Crippen LogP contribution is -2.32. The Bertz CT molecular complexity index is 886. The molecule has 1 unspecified atom stereocenters. The summed E-state index contributed by atoms with van der Waals surface area (Å²) in [6.07, 6.45) is 6.14. The van der Waals surface area contributed by atoms with E-state index in [1.807, 2.05) is 0 Å². The van der Waals surface area contributed by atoms with E-state index in [-0.39, 0.29) is 0 Å². The van der Waals surface area contributed by atoms with Gasteiger partial charge in [0.25, 0.3) is 5.95 Å². The largest absolute Gasteiger partial charge is 0.328 e. The maximum atomic E-state index is 12.2. The molecular weight excluding hydrogens is 456 g/mol. The molecule has 0 radical (unpaired) electrons. The first-order chi connectivity index (χ1) is 12.0. The fraction of sp³-hybridized carbons (Fsp3) is 0.143. The molecule has 0 aromatic carbocycles. The number of amides is 2. The monoisotopic (exact) mass is 466 g/mol. The molecule has 0 spiro atoms. The molecule has 9 nitrogen and oxygen atoms in total. The van der Waals surface area contributed by atoms with Crippen molar-refractivity contribution in [2.75, 3.05) is 5.32 Å². The Morgan fingerprint density at radius 3 is 2.68 bits per heavy atom. The van der Waals surface area contributed by atoms with Gasteiger partial charge in [-0.2, -0.15) is 9.78 Å².